The molecule has 18 heavy (non-hydrogen) atoms. The van der Waals surface area contributed by atoms with E-state index in [2.05, 4.69) is 41.8 Å². The summed E-state index contributed by atoms with van der Waals surface area (Å²) in [7, 11) is 0. The van der Waals surface area contributed by atoms with Gasteiger partial charge in [-0.3, -0.25) is 0 Å². The highest BCUT2D eigenvalue weighted by atomic mass is 79.9. The number of rotatable bonds is 2. The molecule has 0 amide bonds. The van der Waals surface area contributed by atoms with Gasteiger partial charge in [0.1, 0.15) is 22.0 Å². The van der Waals surface area contributed by atoms with Crippen molar-refractivity contribution in [2.75, 3.05) is 0 Å². The molecule has 0 aliphatic heterocycles. The van der Waals surface area contributed by atoms with Crippen LogP contribution in [0.1, 0.15) is 5.82 Å². The van der Waals surface area contributed by atoms with Crippen molar-refractivity contribution in [3.05, 3.63) is 43.9 Å². The van der Waals surface area contributed by atoms with Crippen LogP contribution in [0.3, 0.4) is 0 Å². The summed E-state index contributed by atoms with van der Waals surface area (Å²) in [5, 5.41) is 0.0225. The quantitative estimate of drug-likeness (QED) is 0.535. The Labute approximate surface area is 125 Å². The number of aromatic nitrogens is 2. The zero-order valence-corrected chi connectivity index (χ0v) is 13.0. The largest absolute Gasteiger partial charge is 0.438 e. The van der Waals surface area contributed by atoms with Gasteiger partial charge in [0, 0.05) is 12.1 Å². The lowest BCUT2D eigenvalue weighted by Gasteiger charge is -2.08. The maximum absolute atomic E-state index is 13.3. The van der Waals surface area contributed by atoms with Crippen LogP contribution in [-0.2, 0) is 0 Å². The number of ether oxygens (including phenoxy) is 1. The van der Waals surface area contributed by atoms with E-state index in [0.717, 1.165) is 0 Å². The van der Waals surface area contributed by atoms with Crippen LogP contribution in [0.2, 0.25) is 5.02 Å². The third kappa shape index (κ3) is 3.18. The number of hydrogen-bond donors (Lipinski definition) is 0. The molecule has 0 spiro atoms. The van der Waals surface area contributed by atoms with Crippen LogP contribution < -0.4 is 4.74 Å². The second-order valence-corrected chi connectivity index (χ2v) is 5.45. The number of nitrogens with zero attached hydrogens (tertiary/aromatic N) is 2. The molecule has 1 heterocycles. The topological polar surface area (TPSA) is 35.0 Å². The predicted octanol–water partition coefficient (Wildman–Crippen LogP) is 4.89. The summed E-state index contributed by atoms with van der Waals surface area (Å²) in [6.45, 7) is 1.73. The lowest BCUT2D eigenvalue weighted by molar-refractivity contribution is 0.451. The maximum Gasteiger partial charge on any atom is 0.223 e. The molecule has 2 aromatic rings. The van der Waals surface area contributed by atoms with E-state index in [1.807, 2.05) is 0 Å². The second-order valence-electron chi connectivity index (χ2n) is 3.37. The number of halogens is 4. The fraction of sp³-hybridized carbons (Fsp3) is 0.0909. The minimum Gasteiger partial charge on any atom is -0.438 e. The lowest BCUT2D eigenvalue weighted by atomic mass is 10.3. The Balaban J connectivity index is 2.36. The molecule has 94 valence electrons. The maximum atomic E-state index is 13.3. The molecule has 0 aliphatic carbocycles. The van der Waals surface area contributed by atoms with E-state index in [1.54, 1.807) is 13.0 Å². The van der Waals surface area contributed by atoms with Gasteiger partial charge in [-0.2, -0.15) is 4.98 Å². The van der Waals surface area contributed by atoms with Gasteiger partial charge in [0.25, 0.3) is 0 Å². The van der Waals surface area contributed by atoms with E-state index in [1.165, 1.54) is 12.1 Å². The van der Waals surface area contributed by atoms with E-state index in [9.17, 15) is 4.39 Å². The first-order valence-electron chi connectivity index (χ1n) is 4.79. The monoisotopic (exact) mass is 394 g/mol. The molecule has 2 rings (SSSR count). The first kappa shape index (κ1) is 13.7. The molecule has 0 atom stereocenters. The van der Waals surface area contributed by atoms with Crippen molar-refractivity contribution in [2.45, 2.75) is 6.92 Å². The van der Waals surface area contributed by atoms with E-state index in [0.29, 0.717) is 26.5 Å². The third-order valence-corrected chi connectivity index (χ3v) is 3.29. The van der Waals surface area contributed by atoms with Crippen LogP contribution >= 0.6 is 43.5 Å². The Bertz CT molecular complexity index is 590. The molecule has 0 aliphatic rings. The third-order valence-electron chi connectivity index (χ3n) is 1.97. The molecule has 0 saturated heterocycles. The van der Waals surface area contributed by atoms with Crippen molar-refractivity contribution >= 4 is 43.5 Å². The minimum absolute atomic E-state index is 0.0225. The average Bonchev–Trinajstić information content (AvgIpc) is 2.24. The zero-order chi connectivity index (χ0) is 13.3. The Hall–Kier alpha value is -0.720. The Morgan fingerprint density at radius 2 is 1.94 bits per heavy atom. The van der Waals surface area contributed by atoms with E-state index < -0.39 is 5.82 Å². The summed E-state index contributed by atoms with van der Waals surface area (Å²) in [6.07, 6.45) is 0. The Morgan fingerprint density at radius 1 is 1.22 bits per heavy atom. The molecule has 1 aromatic carbocycles. The predicted molar refractivity (Wildman–Crippen MR) is 73.7 cm³/mol. The van der Waals surface area contributed by atoms with Crippen LogP contribution in [0.5, 0.6) is 11.6 Å². The van der Waals surface area contributed by atoms with Gasteiger partial charge in [0.2, 0.25) is 5.88 Å². The van der Waals surface area contributed by atoms with Crippen molar-refractivity contribution < 1.29 is 9.13 Å². The van der Waals surface area contributed by atoms with Crippen LogP contribution in [-0.4, -0.2) is 9.97 Å². The number of aryl methyl sites for hydroxylation is 1. The van der Waals surface area contributed by atoms with Crippen molar-refractivity contribution in [3.8, 4) is 11.6 Å². The zero-order valence-electron chi connectivity index (χ0n) is 9.05. The highest BCUT2D eigenvalue weighted by molar-refractivity contribution is 9.10. The molecular weight excluding hydrogens is 390 g/mol. The summed E-state index contributed by atoms with van der Waals surface area (Å²) in [4.78, 5) is 8.13. The van der Waals surface area contributed by atoms with Crippen molar-refractivity contribution in [3.63, 3.8) is 0 Å². The van der Waals surface area contributed by atoms with Gasteiger partial charge < -0.3 is 4.74 Å². The Morgan fingerprint density at radius 3 is 2.61 bits per heavy atom. The lowest BCUT2D eigenvalue weighted by Crippen LogP contribution is -1.94. The van der Waals surface area contributed by atoms with Gasteiger partial charge in [-0.05, 0) is 44.8 Å². The van der Waals surface area contributed by atoms with Gasteiger partial charge >= 0.3 is 0 Å². The number of benzene rings is 1. The summed E-state index contributed by atoms with van der Waals surface area (Å²) < 4.78 is 20.0. The summed E-state index contributed by atoms with van der Waals surface area (Å²) in [6, 6.07) is 4.21. The number of hydrogen-bond acceptors (Lipinski definition) is 3. The van der Waals surface area contributed by atoms with Crippen LogP contribution in [0.25, 0.3) is 0 Å². The summed E-state index contributed by atoms with van der Waals surface area (Å²) >= 11 is 12.1. The van der Waals surface area contributed by atoms with Crippen LogP contribution in [0.15, 0.2) is 27.3 Å². The van der Waals surface area contributed by atoms with Gasteiger partial charge in [0.05, 0.1) is 9.50 Å². The SMILES string of the molecule is Cc1nc(Br)cc(Oc2cc(F)c(Cl)cc2Br)n1. The molecule has 0 saturated carbocycles. The van der Waals surface area contributed by atoms with Crippen LogP contribution in [0, 0.1) is 12.7 Å². The molecule has 1 aromatic heterocycles. The first-order valence-corrected chi connectivity index (χ1v) is 6.75. The van der Waals surface area contributed by atoms with Crippen molar-refractivity contribution in [1.82, 2.24) is 9.97 Å². The average molecular weight is 396 g/mol. The molecule has 0 unspecified atom stereocenters. The van der Waals surface area contributed by atoms with Gasteiger partial charge in [0.15, 0.2) is 0 Å². The first-order chi connectivity index (χ1) is 8.45. The smallest absolute Gasteiger partial charge is 0.223 e. The molecule has 0 bridgehead atoms. The normalized spacial score (nSPS) is 10.5. The van der Waals surface area contributed by atoms with Crippen LogP contribution in [0.4, 0.5) is 4.39 Å². The second kappa shape index (κ2) is 5.50. The van der Waals surface area contributed by atoms with Gasteiger partial charge in [-0.25, -0.2) is 9.37 Å². The molecule has 0 radical (unpaired) electrons. The van der Waals surface area contributed by atoms with E-state index in [4.69, 9.17) is 16.3 Å². The van der Waals surface area contributed by atoms with E-state index in [-0.39, 0.29) is 5.02 Å². The van der Waals surface area contributed by atoms with Crippen molar-refractivity contribution in [2.24, 2.45) is 0 Å². The fourth-order valence-electron chi connectivity index (χ4n) is 1.25. The minimum atomic E-state index is -0.556. The fourth-order valence-corrected chi connectivity index (χ4v) is 2.43. The highest BCUT2D eigenvalue weighted by Gasteiger charge is 2.10. The highest BCUT2D eigenvalue weighted by Crippen LogP contribution is 2.33. The summed E-state index contributed by atoms with van der Waals surface area (Å²) in [5.74, 6) is 0.600. The Kier molecular flexibility index (Phi) is 4.19. The molecule has 3 nitrogen and oxygen atoms in total. The van der Waals surface area contributed by atoms with Gasteiger partial charge in [-0.1, -0.05) is 11.6 Å². The standard InChI is InChI=1S/C11H6Br2ClFN2O/c1-5-16-10(13)4-11(17-5)18-9-3-8(15)7(14)2-6(9)12/h2-4H,1H3. The molecule has 0 N–H and O–H groups in total. The summed E-state index contributed by atoms with van der Waals surface area (Å²) in [5.41, 5.74) is 0. The molecule has 0 fully saturated rings. The van der Waals surface area contributed by atoms with Crippen molar-refractivity contribution in [1.29, 1.82) is 0 Å². The van der Waals surface area contributed by atoms with Gasteiger partial charge in [-0.15, -0.1) is 0 Å². The van der Waals surface area contributed by atoms with E-state index >= 15 is 0 Å². The molecular formula is C11H6Br2ClFN2O. The molecule has 7 heteroatoms.